The highest BCUT2D eigenvalue weighted by molar-refractivity contribution is 6.53. The first-order valence-corrected chi connectivity index (χ1v) is 13.3. The minimum atomic E-state index is -0.594. The average molecular weight is 550 g/mol. The third kappa shape index (κ3) is 5.82. The Morgan fingerprint density at radius 3 is 1.90 bits per heavy atom. The molecule has 7 heteroatoms. The van der Waals surface area contributed by atoms with E-state index in [2.05, 4.69) is 5.32 Å². The minimum Gasteiger partial charge on any atom is -0.350 e. The minimum absolute atomic E-state index is 0.0270. The lowest BCUT2D eigenvalue weighted by atomic mass is 10.1. The van der Waals surface area contributed by atoms with Crippen LogP contribution in [0.2, 0.25) is 0 Å². The van der Waals surface area contributed by atoms with Gasteiger partial charge in [0.15, 0.2) is 0 Å². The molecule has 0 saturated heterocycles. The fourth-order valence-corrected chi connectivity index (χ4v) is 5.00. The summed E-state index contributed by atoms with van der Waals surface area (Å²) in [6.07, 6.45) is 0. The molecule has 0 unspecified atom stereocenters. The summed E-state index contributed by atoms with van der Waals surface area (Å²) in [5, 5.41) is 2.80. The summed E-state index contributed by atoms with van der Waals surface area (Å²) >= 11 is 6.36. The summed E-state index contributed by atoms with van der Waals surface area (Å²) in [7, 11) is 0. The van der Waals surface area contributed by atoms with Gasteiger partial charge in [0.05, 0.1) is 5.69 Å². The van der Waals surface area contributed by atoms with Gasteiger partial charge >= 0.3 is 0 Å². The molecule has 1 aliphatic heterocycles. The molecule has 40 heavy (non-hydrogen) atoms. The van der Waals surface area contributed by atoms with Crippen molar-refractivity contribution in [3.05, 3.63) is 142 Å². The molecular formula is C33H28ClN3O3. The Balaban J connectivity index is 1.39. The smallest absolute Gasteiger partial charge is 0.283 e. The van der Waals surface area contributed by atoms with E-state index in [4.69, 9.17) is 11.6 Å². The first-order chi connectivity index (χ1) is 19.3. The number of nitrogens with one attached hydrogen (secondary N) is 1. The highest BCUT2D eigenvalue weighted by Gasteiger charge is 2.39. The Morgan fingerprint density at radius 2 is 1.32 bits per heavy atom. The van der Waals surface area contributed by atoms with Gasteiger partial charge in [0.25, 0.3) is 17.7 Å². The Kier molecular flexibility index (Phi) is 7.80. The molecule has 0 saturated carbocycles. The first kappa shape index (κ1) is 26.9. The zero-order valence-electron chi connectivity index (χ0n) is 22.2. The molecule has 3 amide bonds. The second kappa shape index (κ2) is 11.6. The van der Waals surface area contributed by atoms with Gasteiger partial charge in [-0.1, -0.05) is 84.4 Å². The van der Waals surface area contributed by atoms with Crippen molar-refractivity contribution in [1.29, 1.82) is 0 Å². The summed E-state index contributed by atoms with van der Waals surface area (Å²) < 4.78 is 0. The number of amides is 3. The predicted octanol–water partition coefficient (Wildman–Crippen LogP) is 6.58. The van der Waals surface area contributed by atoms with Crippen LogP contribution in [0.1, 0.15) is 32.6 Å². The molecule has 0 atom stereocenters. The van der Waals surface area contributed by atoms with Gasteiger partial charge < -0.3 is 10.2 Å². The fourth-order valence-electron chi connectivity index (χ4n) is 4.79. The van der Waals surface area contributed by atoms with E-state index >= 15 is 0 Å². The Bertz CT molecular complexity index is 1560. The SMILES string of the molecule is Cc1cc(C)cc(N2C(=O)C(Cl)=C(Nc3cccc(C(=O)N(Cc4ccccc4)Cc4ccccc4)c3)C2=O)c1. The molecule has 0 radical (unpaired) electrons. The molecule has 1 heterocycles. The number of carbonyl (C=O) groups is 3. The number of imide groups is 1. The normalized spacial score (nSPS) is 13.1. The van der Waals surface area contributed by atoms with Gasteiger partial charge in [-0.3, -0.25) is 14.4 Å². The van der Waals surface area contributed by atoms with Crippen molar-refractivity contribution in [2.45, 2.75) is 26.9 Å². The lowest BCUT2D eigenvalue weighted by molar-refractivity contribution is -0.120. The highest BCUT2D eigenvalue weighted by Crippen LogP contribution is 2.31. The van der Waals surface area contributed by atoms with Gasteiger partial charge in [0, 0.05) is 24.3 Å². The predicted molar refractivity (Wildman–Crippen MR) is 158 cm³/mol. The lowest BCUT2D eigenvalue weighted by Gasteiger charge is -2.23. The van der Waals surface area contributed by atoms with Crippen LogP contribution in [-0.4, -0.2) is 22.6 Å². The maximum atomic E-state index is 13.8. The van der Waals surface area contributed by atoms with Crippen molar-refractivity contribution in [3.63, 3.8) is 0 Å². The van der Waals surface area contributed by atoms with Crippen LogP contribution in [0.3, 0.4) is 0 Å². The largest absolute Gasteiger partial charge is 0.350 e. The van der Waals surface area contributed by atoms with Crippen molar-refractivity contribution < 1.29 is 14.4 Å². The van der Waals surface area contributed by atoms with Crippen LogP contribution in [-0.2, 0) is 22.7 Å². The number of carbonyl (C=O) groups excluding carboxylic acids is 3. The van der Waals surface area contributed by atoms with Crippen molar-refractivity contribution in [2.24, 2.45) is 0 Å². The molecule has 0 aromatic heterocycles. The van der Waals surface area contributed by atoms with Gasteiger partial charge in [-0.25, -0.2) is 4.90 Å². The standard InChI is InChI=1S/C33H28ClN3O3/c1-22-16-23(2)18-28(17-22)37-32(39)29(34)30(33(37)40)35-27-15-9-14-26(19-27)31(38)36(20-24-10-5-3-6-11-24)21-25-12-7-4-8-13-25/h3-19,35H,20-21H2,1-2H3. The Labute approximate surface area is 238 Å². The van der Waals surface area contributed by atoms with Crippen LogP contribution in [0, 0.1) is 13.8 Å². The van der Waals surface area contributed by atoms with E-state index in [1.54, 1.807) is 41.3 Å². The molecule has 1 aliphatic rings. The highest BCUT2D eigenvalue weighted by atomic mass is 35.5. The first-order valence-electron chi connectivity index (χ1n) is 12.9. The van der Waals surface area contributed by atoms with Crippen molar-refractivity contribution >= 4 is 40.7 Å². The fraction of sp³-hybridized carbons (Fsp3) is 0.121. The molecule has 200 valence electrons. The molecule has 1 N–H and O–H groups in total. The van der Waals surface area contributed by atoms with Crippen LogP contribution in [0.4, 0.5) is 11.4 Å². The molecular weight excluding hydrogens is 522 g/mol. The molecule has 0 fully saturated rings. The van der Waals surface area contributed by atoms with Crippen molar-refractivity contribution in [3.8, 4) is 0 Å². The Morgan fingerprint density at radius 1 is 0.750 bits per heavy atom. The second-order valence-corrected chi connectivity index (χ2v) is 10.2. The second-order valence-electron chi connectivity index (χ2n) is 9.82. The summed E-state index contributed by atoms with van der Waals surface area (Å²) in [6, 6.07) is 32.0. The summed E-state index contributed by atoms with van der Waals surface area (Å²) in [6.45, 7) is 4.66. The number of halogens is 1. The van der Waals surface area contributed by atoms with E-state index < -0.39 is 11.8 Å². The van der Waals surface area contributed by atoms with Crippen molar-refractivity contribution in [1.82, 2.24) is 4.90 Å². The number of benzene rings is 4. The lowest BCUT2D eigenvalue weighted by Crippen LogP contribution is -2.32. The van der Waals surface area contributed by atoms with Crippen LogP contribution in [0.15, 0.2) is 114 Å². The van der Waals surface area contributed by atoms with E-state index in [1.165, 1.54) is 0 Å². The average Bonchev–Trinajstić information content (AvgIpc) is 3.16. The van der Waals surface area contributed by atoms with Gasteiger partial charge in [0.2, 0.25) is 0 Å². The molecule has 6 nitrogen and oxygen atoms in total. The van der Waals surface area contributed by atoms with Crippen molar-refractivity contribution in [2.75, 3.05) is 10.2 Å². The maximum absolute atomic E-state index is 13.8. The molecule has 0 spiro atoms. The van der Waals surface area contributed by atoms with Gasteiger partial charge in [-0.05, 0) is 66.4 Å². The van der Waals surface area contributed by atoms with Crippen LogP contribution in [0.5, 0.6) is 0 Å². The van der Waals surface area contributed by atoms with E-state index in [0.29, 0.717) is 30.0 Å². The van der Waals surface area contributed by atoms with Gasteiger partial charge in [-0.15, -0.1) is 0 Å². The number of nitrogens with zero attached hydrogens (tertiary/aromatic N) is 2. The number of anilines is 2. The topological polar surface area (TPSA) is 69.7 Å². The van der Waals surface area contributed by atoms with E-state index in [9.17, 15) is 14.4 Å². The third-order valence-electron chi connectivity index (χ3n) is 6.59. The summed E-state index contributed by atoms with van der Waals surface area (Å²) in [5.41, 5.74) is 5.23. The van der Waals surface area contributed by atoms with Crippen LogP contribution >= 0.6 is 11.6 Å². The van der Waals surface area contributed by atoms with Gasteiger partial charge in [-0.2, -0.15) is 0 Å². The third-order valence-corrected chi connectivity index (χ3v) is 6.94. The maximum Gasteiger partial charge on any atom is 0.283 e. The van der Waals surface area contributed by atoms with Gasteiger partial charge in [0.1, 0.15) is 10.7 Å². The van der Waals surface area contributed by atoms with E-state index in [1.807, 2.05) is 80.6 Å². The number of hydrogen-bond acceptors (Lipinski definition) is 4. The van der Waals surface area contributed by atoms with E-state index in [-0.39, 0.29) is 16.6 Å². The monoisotopic (exact) mass is 549 g/mol. The molecule has 4 aromatic rings. The summed E-state index contributed by atoms with van der Waals surface area (Å²) in [5.74, 6) is -1.31. The number of aryl methyl sites for hydroxylation is 2. The quantitative estimate of drug-likeness (QED) is 0.252. The summed E-state index contributed by atoms with van der Waals surface area (Å²) in [4.78, 5) is 42.9. The zero-order valence-corrected chi connectivity index (χ0v) is 23.0. The molecule has 0 bridgehead atoms. The Hall–Kier alpha value is -4.68. The number of rotatable bonds is 8. The molecule has 5 rings (SSSR count). The molecule has 0 aliphatic carbocycles. The van der Waals surface area contributed by atoms with Crippen LogP contribution < -0.4 is 10.2 Å². The zero-order chi connectivity index (χ0) is 28.2. The number of hydrogen-bond donors (Lipinski definition) is 1. The molecule has 4 aromatic carbocycles. The van der Waals surface area contributed by atoms with E-state index in [0.717, 1.165) is 27.2 Å². The van der Waals surface area contributed by atoms with Crippen LogP contribution in [0.25, 0.3) is 0 Å².